The van der Waals surface area contributed by atoms with Crippen LogP contribution in [0.25, 0.3) is 0 Å². The Hall–Kier alpha value is -1.19. The first kappa shape index (κ1) is 15.2. The maximum atomic E-state index is 6.22. The quantitative estimate of drug-likeness (QED) is 0.862. The molecule has 20 heavy (non-hydrogen) atoms. The predicted molar refractivity (Wildman–Crippen MR) is 85.9 cm³/mol. The van der Waals surface area contributed by atoms with Crippen LogP contribution in [-0.2, 0) is 7.05 Å². The van der Waals surface area contributed by atoms with Gasteiger partial charge in [-0.3, -0.25) is 4.68 Å². The first-order valence-electron chi connectivity index (χ1n) is 8.09. The zero-order valence-corrected chi connectivity index (χ0v) is 13.4. The van der Waals surface area contributed by atoms with Crippen LogP contribution >= 0.6 is 0 Å². The Balaban J connectivity index is 1.91. The second-order valence-corrected chi connectivity index (χ2v) is 6.60. The number of anilines is 2. The minimum absolute atomic E-state index is 0.372. The summed E-state index contributed by atoms with van der Waals surface area (Å²) < 4.78 is 1.89. The second-order valence-electron chi connectivity index (χ2n) is 6.60. The van der Waals surface area contributed by atoms with E-state index in [0.717, 1.165) is 35.6 Å². The predicted octanol–water partition coefficient (Wildman–Crippen LogP) is 3.75. The SMILES string of the molecule is CCC1CCC(CNc2c(N)c(C(C)C)nn2C)CC1. The molecule has 1 aliphatic rings. The van der Waals surface area contributed by atoms with E-state index in [9.17, 15) is 0 Å². The van der Waals surface area contributed by atoms with Crippen molar-refractivity contribution in [2.75, 3.05) is 17.6 Å². The third-order valence-corrected chi connectivity index (χ3v) is 4.76. The molecule has 0 aromatic carbocycles. The molecule has 4 nitrogen and oxygen atoms in total. The van der Waals surface area contributed by atoms with Gasteiger partial charge in [0.25, 0.3) is 0 Å². The number of aryl methyl sites for hydroxylation is 1. The molecule has 1 aromatic rings. The van der Waals surface area contributed by atoms with E-state index in [2.05, 4.69) is 31.2 Å². The summed E-state index contributed by atoms with van der Waals surface area (Å²) in [6.45, 7) is 7.60. The molecular formula is C16H30N4. The molecule has 0 saturated heterocycles. The summed E-state index contributed by atoms with van der Waals surface area (Å²) >= 11 is 0. The fraction of sp³-hybridized carbons (Fsp3) is 0.812. The van der Waals surface area contributed by atoms with Crippen LogP contribution in [0.5, 0.6) is 0 Å². The third-order valence-electron chi connectivity index (χ3n) is 4.76. The number of rotatable bonds is 5. The Morgan fingerprint density at radius 1 is 1.25 bits per heavy atom. The number of aromatic nitrogens is 2. The summed E-state index contributed by atoms with van der Waals surface area (Å²) in [5, 5.41) is 8.06. The number of hydrogen-bond donors (Lipinski definition) is 2. The molecule has 1 fully saturated rings. The fourth-order valence-electron chi connectivity index (χ4n) is 3.28. The van der Waals surface area contributed by atoms with Gasteiger partial charge < -0.3 is 11.1 Å². The lowest BCUT2D eigenvalue weighted by Crippen LogP contribution is -2.22. The van der Waals surface area contributed by atoms with Crippen LogP contribution in [0.15, 0.2) is 0 Å². The Kier molecular flexibility index (Phi) is 4.95. The number of nitrogens with zero attached hydrogens (tertiary/aromatic N) is 2. The summed E-state index contributed by atoms with van der Waals surface area (Å²) in [5.41, 5.74) is 8.05. The number of nitrogens with one attached hydrogen (secondary N) is 1. The van der Waals surface area contributed by atoms with Gasteiger partial charge in [-0.1, -0.05) is 40.0 Å². The molecule has 0 amide bonds. The van der Waals surface area contributed by atoms with Crippen LogP contribution in [0.1, 0.15) is 64.5 Å². The van der Waals surface area contributed by atoms with E-state index in [1.54, 1.807) is 0 Å². The van der Waals surface area contributed by atoms with Crippen LogP contribution in [0.4, 0.5) is 11.5 Å². The van der Waals surface area contributed by atoms with Crippen molar-refractivity contribution in [3.63, 3.8) is 0 Å². The van der Waals surface area contributed by atoms with Gasteiger partial charge >= 0.3 is 0 Å². The van der Waals surface area contributed by atoms with Gasteiger partial charge in [-0.25, -0.2) is 0 Å². The van der Waals surface area contributed by atoms with E-state index >= 15 is 0 Å². The summed E-state index contributed by atoms with van der Waals surface area (Å²) in [5.74, 6) is 3.11. The summed E-state index contributed by atoms with van der Waals surface area (Å²) in [7, 11) is 1.97. The Labute approximate surface area is 123 Å². The van der Waals surface area contributed by atoms with Gasteiger partial charge in [-0.2, -0.15) is 5.10 Å². The molecular weight excluding hydrogens is 248 g/mol. The van der Waals surface area contributed by atoms with Crippen molar-refractivity contribution < 1.29 is 0 Å². The minimum atomic E-state index is 0.372. The smallest absolute Gasteiger partial charge is 0.147 e. The first-order chi connectivity index (χ1) is 9.52. The van der Waals surface area contributed by atoms with Gasteiger partial charge in [0, 0.05) is 13.6 Å². The molecule has 1 heterocycles. The molecule has 1 aliphatic carbocycles. The summed E-state index contributed by atoms with van der Waals surface area (Å²) in [6.07, 6.45) is 6.81. The van der Waals surface area contributed by atoms with Gasteiger partial charge in [-0.05, 0) is 30.6 Å². The molecule has 3 N–H and O–H groups in total. The molecule has 1 aromatic heterocycles. The fourth-order valence-corrected chi connectivity index (χ4v) is 3.28. The van der Waals surface area contributed by atoms with Crippen molar-refractivity contribution >= 4 is 11.5 Å². The third kappa shape index (κ3) is 3.28. The molecule has 0 atom stereocenters. The molecule has 0 radical (unpaired) electrons. The highest BCUT2D eigenvalue weighted by Crippen LogP contribution is 2.32. The maximum Gasteiger partial charge on any atom is 0.147 e. The maximum absolute atomic E-state index is 6.22. The minimum Gasteiger partial charge on any atom is -0.394 e. The van der Waals surface area contributed by atoms with Crippen molar-refractivity contribution in [2.45, 2.75) is 58.8 Å². The zero-order valence-electron chi connectivity index (χ0n) is 13.4. The lowest BCUT2D eigenvalue weighted by atomic mass is 9.81. The monoisotopic (exact) mass is 278 g/mol. The molecule has 0 bridgehead atoms. The molecule has 2 rings (SSSR count). The highest BCUT2D eigenvalue weighted by atomic mass is 15.3. The van der Waals surface area contributed by atoms with E-state index in [1.807, 2.05) is 11.7 Å². The van der Waals surface area contributed by atoms with Gasteiger partial charge in [0.15, 0.2) is 0 Å². The van der Waals surface area contributed by atoms with Crippen LogP contribution in [0.2, 0.25) is 0 Å². The first-order valence-corrected chi connectivity index (χ1v) is 8.09. The van der Waals surface area contributed by atoms with E-state index in [-0.39, 0.29) is 0 Å². The van der Waals surface area contributed by atoms with Crippen molar-refractivity contribution in [1.82, 2.24) is 9.78 Å². The summed E-state index contributed by atoms with van der Waals surface area (Å²) in [4.78, 5) is 0. The molecule has 4 heteroatoms. The van der Waals surface area contributed by atoms with E-state index in [0.29, 0.717) is 5.92 Å². The summed E-state index contributed by atoms with van der Waals surface area (Å²) in [6, 6.07) is 0. The Morgan fingerprint density at radius 2 is 1.85 bits per heavy atom. The van der Waals surface area contributed by atoms with Gasteiger partial charge in [0.2, 0.25) is 0 Å². The van der Waals surface area contributed by atoms with Crippen LogP contribution in [0, 0.1) is 11.8 Å². The number of nitrogen functional groups attached to an aromatic ring is 1. The zero-order chi connectivity index (χ0) is 14.7. The normalized spacial score (nSPS) is 23.2. The van der Waals surface area contributed by atoms with Crippen LogP contribution < -0.4 is 11.1 Å². The van der Waals surface area contributed by atoms with Crippen LogP contribution in [0.3, 0.4) is 0 Å². The average Bonchev–Trinajstić information content (AvgIpc) is 2.72. The molecule has 114 valence electrons. The molecule has 0 unspecified atom stereocenters. The van der Waals surface area contributed by atoms with Gasteiger partial charge in [0.1, 0.15) is 5.82 Å². The number of nitrogens with two attached hydrogens (primary N) is 1. The van der Waals surface area contributed by atoms with E-state index in [1.165, 1.54) is 32.1 Å². The van der Waals surface area contributed by atoms with Gasteiger partial charge in [0.05, 0.1) is 11.4 Å². The molecule has 1 saturated carbocycles. The number of hydrogen-bond acceptors (Lipinski definition) is 3. The molecule has 0 spiro atoms. The van der Waals surface area contributed by atoms with Crippen molar-refractivity contribution in [3.8, 4) is 0 Å². The van der Waals surface area contributed by atoms with E-state index < -0.39 is 0 Å². The topological polar surface area (TPSA) is 55.9 Å². The largest absolute Gasteiger partial charge is 0.394 e. The van der Waals surface area contributed by atoms with Crippen molar-refractivity contribution in [2.24, 2.45) is 18.9 Å². The van der Waals surface area contributed by atoms with E-state index in [4.69, 9.17) is 5.73 Å². The van der Waals surface area contributed by atoms with Crippen molar-refractivity contribution in [3.05, 3.63) is 5.69 Å². The Morgan fingerprint density at radius 3 is 2.35 bits per heavy atom. The lowest BCUT2D eigenvalue weighted by Gasteiger charge is -2.28. The van der Waals surface area contributed by atoms with Gasteiger partial charge in [-0.15, -0.1) is 0 Å². The Bertz CT molecular complexity index is 428. The van der Waals surface area contributed by atoms with Crippen LogP contribution in [-0.4, -0.2) is 16.3 Å². The lowest BCUT2D eigenvalue weighted by molar-refractivity contribution is 0.278. The molecule has 0 aliphatic heterocycles. The highest BCUT2D eigenvalue weighted by Gasteiger charge is 2.21. The van der Waals surface area contributed by atoms with Crippen molar-refractivity contribution in [1.29, 1.82) is 0 Å². The second kappa shape index (κ2) is 6.51. The standard InChI is InChI=1S/C16H30N4/c1-5-12-6-8-13(9-7-12)10-18-16-14(17)15(11(2)3)19-20(16)4/h11-13,18H,5-10,17H2,1-4H3. The highest BCUT2D eigenvalue weighted by molar-refractivity contribution is 5.65. The average molecular weight is 278 g/mol.